The lowest BCUT2D eigenvalue weighted by atomic mass is 9.89. The van der Waals surface area contributed by atoms with Crippen LogP contribution in [0.4, 0.5) is 0 Å². The number of carbonyl (C=O) groups excluding carboxylic acids is 1. The molecule has 1 aliphatic rings. The monoisotopic (exact) mass is 241 g/mol. The second-order valence-electron chi connectivity index (χ2n) is 5.92. The molecule has 1 heterocycles. The van der Waals surface area contributed by atoms with Crippen molar-refractivity contribution in [2.75, 3.05) is 26.2 Å². The lowest BCUT2D eigenvalue weighted by molar-refractivity contribution is -0.126. The van der Waals surface area contributed by atoms with Gasteiger partial charge in [0.15, 0.2) is 0 Å². The molecule has 0 aliphatic carbocycles. The fourth-order valence-electron chi connectivity index (χ4n) is 2.17. The Kier molecular flexibility index (Phi) is 5.60. The Morgan fingerprint density at radius 1 is 1.29 bits per heavy atom. The Bertz CT molecular complexity index is 237. The van der Waals surface area contributed by atoms with E-state index in [1.807, 2.05) is 27.7 Å². The van der Waals surface area contributed by atoms with Crippen molar-refractivity contribution in [2.45, 2.75) is 53.1 Å². The number of rotatable bonds is 5. The third-order valence-electron chi connectivity index (χ3n) is 3.43. The van der Waals surface area contributed by atoms with Crippen LogP contribution in [0.25, 0.3) is 0 Å². The number of likely N-dealkylation sites (tertiary alicyclic amines) is 1. The Labute approximate surface area is 106 Å². The number of nitrogens with zero attached hydrogens (tertiary/aromatic N) is 1. The van der Waals surface area contributed by atoms with Gasteiger partial charge in [0.25, 0.3) is 0 Å². The predicted octanol–water partition coefficient (Wildman–Crippen LogP) is 2.49. The molecule has 0 atom stereocenters. The molecule has 0 spiro atoms. The third-order valence-corrected chi connectivity index (χ3v) is 3.43. The zero-order valence-electron chi connectivity index (χ0n) is 11.8. The molecular formula is C14H27NO2. The molecule has 0 saturated carbocycles. The molecule has 0 aromatic rings. The van der Waals surface area contributed by atoms with Crippen LogP contribution < -0.4 is 0 Å². The molecule has 1 saturated heterocycles. The van der Waals surface area contributed by atoms with Gasteiger partial charge in [-0.1, -0.05) is 20.8 Å². The van der Waals surface area contributed by atoms with E-state index >= 15 is 0 Å². The van der Waals surface area contributed by atoms with Crippen LogP contribution in [0.3, 0.4) is 0 Å². The summed E-state index contributed by atoms with van der Waals surface area (Å²) in [6, 6.07) is 0. The van der Waals surface area contributed by atoms with E-state index in [4.69, 9.17) is 4.74 Å². The molecule has 1 rings (SSSR count). The number of ether oxygens (including phenoxy) is 1. The highest BCUT2D eigenvalue weighted by Gasteiger charge is 2.23. The molecule has 3 nitrogen and oxygen atoms in total. The largest absolute Gasteiger partial charge is 0.378 e. The van der Waals surface area contributed by atoms with Crippen LogP contribution in [0, 0.1) is 5.41 Å². The van der Waals surface area contributed by atoms with Crippen LogP contribution in [0.5, 0.6) is 0 Å². The quantitative estimate of drug-likeness (QED) is 0.740. The number of piperidine rings is 1. The maximum Gasteiger partial charge on any atom is 0.139 e. The highest BCUT2D eigenvalue weighted by Crippen LogP contribution is 2.18. The first-order valence-electron chi connectivity index (χ1n) is 6.80. The average Bonchev–Trinajstić information content (AvgIpc) is 2.27. The summed E-state index contributed by atoms with van der Waals surface area (Å²) in [7, 11) is 0. The fourth-order valence-corrected chi connectivity index (χ4v) is 2.17. The fraction of sp³-hybridized carbons (Fsp3) is 0.929. The van der Waals surface area contributed by atoms with Crippen molar-refractivity contribution in [3.05, 3.63) is 0 Å². The maximum absolute atomic E-state index is 11.8. The normalized spacial score (nSPS) is 19.5. The van der Waals surface area contributed by atoms with Crippen LogP contribution in [0.2, 0.25) is 0 Å². The first kappa shape index (κ1) is 14.7. The van der Waals surface area contributed by atoms with Crippen molar-refractivity contribution in [1.82, 2.24) is 4.90 Å². The van der Waals surface area contributed by atoms with E-state index < -0.39 is 0 Å². The molecule has 0 aromatic carbocycles. The van der Waals surface area contributed by atoms with Crippen LogP contribution >= 0.6 is 0 Å². The SMILES string of the molecule is CCOC1CCN(CCC(=O)C(C)(C)C)CC1. The van der Waals surface area contributed by atoms with E-state index in [9.17, 15) is 4.79 Å². The Hall–Kier alpha value is -0.410. The van der Waals surface area contributed by atoms with Gasteiger partial charge in [0.1, 0.15) is 5.78 Å². The van der Waals surface area contributed by atoms with Gasteiger partial charge in [0, 0.05) is 38.1 Å². The Balaban J connectivity index is 2.21. The van der Waals surface area contributed by atoms with E-state index in [0.29, 0.717) is 18.3 Å². The van der Waals surface area contributed by atoms with E-state index in [0.717, 1.165) is 39.1 Å². The summed E-state index contributed by atoms with van der Waals surface area (Å²) in [6.45, 7) is 11.9. The summed E-state index contributed by atoms with van der Waals surface area (Å²) in [5, 5.41) is 0. The molecule has 0 bridgehead atoms. The lowest BCUT2D eigenvalue weighted by Crippen LogP contribution is -2.38. The van der Waals surface area contributed by atoms with E-state index in [-0.39, 0.29) is 5.41 Å². The van der Waals surface area contributed by atoms with Gasteiger partial charge >= 0.3 is 0 Å². The molecule has 0 aromatic heterocycles. The summed E-state index contributed by atoms with van der Waals surface area (Å²) >= 11 is 0. The predicted molar refractivity (Wildman–Crippen MR) is 70.2 cm³/mol. The van der Waals surface area contributed by atoms with Gasteiger partial charge in [-0.2, -0.15) is 0 Å². The number of hydrogen-bond donors (Lipinski definition) is 0. The molecule has 0 radical (unpaired) electrons. The minimum atomic E-state index is -0.191. The first-order chi connectivity index (χ1) is 7.93. The standard InChI is InChI=1S/C14H27NO2/c1-5-17-12-6-9-15(10-7-12)11-8-13(16)14(2,3)4/h12H,5-11H2,1-4H3. The number of ketones is 1. The summed E-state index contributed by atoms with van der Waals surface area (Å²) in [5.41, 5.74) is -0.191. The van der Waals surface area contributed by atoms with Gasteiger partial charge in [-0.15, -0.1) is 0 Å². The Morgan fingerprint density at radius 3 is 2.35 bits per heavy atom. The van der Waals surface area contributed by atoms with Gasteiger partial charge in [0.2, 0.25) is 0 Å². The average molecular weight is 241 g/mol. The topological polar surface area (TPSA) is 29.5 Å². The van der Waals surface area contributed by atoms with Crippen LogP contribution in [-0.4, -0.2) is 43.0 Å². The van der Waals surface area contributed by atoms with Crippen molar-refractivity contribution in [1.29, 1.82) is 0 Å². The van der Waals surface area contributed by atoms with Crippen molar-refractivity contribution < 1.29 is 9.53 Å². The van der Waals surface area contributed by atoms with Gasteiger partial charge in [-0.05, 0) is 19.8 Å². The second kappa shape index (κ2) is 6.50. The molecule has 3 heteroatoms. The van der Waals surface area contributed by atoms with Crippen LogP contribution in [0.15, 0.2) is 0 Å². The van der Waals surface area contributed by atoms with E-state index in [1.54, 1.807) is 0 Å². The summed E-state index contributed by atoms with van der Waals surface area (Å²) in [6.07, 6.45) is 3.34. The summed E-state index contributed by atoms with van der Waals surface area (Å²) < 4.78 is 5.62. The molecule has 17 heavy (non-hydrogen) atoms. The third kappa shape index (κ3) is 5.17. The van der Waals surface area contributed by atoms with Crippen LogP contribution in [-0.2, 0) is 9.53 Å². The van der Waals surface area contributed by atoms with Gasteiger partial charge < -0.3 is 9.64 Å². The van der Waals surface area contributed by atoms with Gasteiger partial charge in [0.05, 0.1) is 6.10 Å². The molecule has 100 valence electrons. The van der Waals surface area contributed by atoms with Crippen molar-refractivity contribution in [3.63, 3.8) is 0 Å². The van der Waals surface area contributed by atoms with E-state index in [1.165, 1.54) is 0 Å². The zero-order valence-corrected chi connectivity index (χ0v) is 11.8. The molecule has 0 N–H and O–H groups in total. The molecule has 0 amide bonds. The summed E-state index contributed by atoms with van der Waals surface area (Å²) in [5.74, 6) is 0.365. The first-order valence-corrected chi connectivity index (χ1v) is 6.80. The second-order valence-corrected chi connectivity index (χ2v) is 5.92. The molecule has 1 aliphatic heterocycles. The summed E-state index contributed by atoms with van der Waals surface area (Å²) in [4.78, 5) is 14.2. The zero-order chi connectivity index (χ0) is 12.9. The number of carbonyl (C=O) groups is 1. The van der Waals surface area contributed by atoms with Crippen molar-refractivity contribution in [2.24, 2.45) is 5.41 Å². The van der Waals surface area contributed by atoms with Crippen LogP contribution in [0.1, 0.15) is 47.0 Å². The molecule has 1 fully saturated rings. The molecular weight excluding hydrogens is 214 g/mol. The molecule has 0 unspecified atom stereocenters. The van der Waals surface area contributed by atoms with E-state index in [2.05, 4.69) is 4.90 Å². The number of hydrogen-bond acceptors (Lipinski definition) is 3. The maximum atomic E-state index is 11.8. The Morgan fingerprint density at radius 2 is 1.88 bits per heavy atom. The number of Topliss-reactive ketones (excluding diaryl/α,β-unsaturated/α-hetero) is 1. The minimum absolute atomic E-state index is 0.191. The lowest BCUT2D eigenvalue weighted by Gasteiger charge is -2.32. The minimum Gasteiger partial charge on any atom is -0.378 e. The highest BCUT2D eigenvalue weighted by molar-refractivity contribution is 5.83. The smallest absolute Gasteiger partial charge is 0.139 e. The van der Waals surface area contributed by atoms with Crippen molar-refractivity contribution >= 4 is 5.78 Å². The van der Waals surface area contributed by atoms with Crippen molar-refractivity contribution in [3.8, 4) is 0 Å². The highest BCUT2D eigenvalue weighted by atomic mass is 16.5. The van der Waals surface area contributed by atoms with Gasteiger partial charge in [-0.25, -0.2) is 0 Å². The van der Waals surface area contributed by atoms with Gasteiger partial charge in [-0.3, -0.25) is 4.79 Å².